The number of nitrogens with one attached hydrogen (secondary N) is 1. The zero-order valence-corrected chi connectivity index (χ0v) is 12.0. The maximum Gasteiger partial charge on any atom is 0.351 e. The number of aromatic nitrogens is 2. The van der Waals surface area contributed by atoms with Crippen molar-refractivity contribution in [3.63, 3.8) is 0 Å². The quantitative estimate of drug-likeness (QED) is 0.640. The summed E-state index contributed by atoms with van der Waals surface area (Å²) in [6, 6.07) is 7.33. The number of hydrogen-bond donors (Lipinski definition) is 3. The fraction of sp³-hybridized carbons (Fsp3) is 0.333. The van der Waals surface area contributed by atoms with Gasteiger partial charge in [-0.05, 0) is 12.1 Å². The van der Waals surface area contributed by atoms with Gasteiger partial charge in [0.25, 0.3) is 0 Å². The zero-order chi connectivity index (χ0) is 16.0. The average Bonchev–Trinajstić information content (AvgIpc) is 2.93. The van der Waals surface area contributed by atoms with E-state index in [1.165, 1.54) is 10.8 Å². The Morgan fingerprint density at radius 3 is 2.96 bits per heavy atom. The summed E-state index contributed by atoms with van der Waals surface area (Å²) >= 11 is 0. The number of para-hydroxylation sites is 2. The molecule has 2 aliphatic heterocycles. The lowest BCUT2D eigenvalue weighted by molar-refractivity contribution is -0.0459. The summed E-state index contributed by atoms with van der Waals surface area (Å²) in [5.41, 5.74) is 0.215. The molecule has 1 aromatic heterocycles. The largest absolute Gasteiger partial charge is 0.450 e. The summed E-state index contributed by atoms with van der Waals surface area (Å²) in [5, 5.41) is 22.0. The van der Waals surface area contributed by atoms with Crippen LogP contribution in [0.2, 0.25) is 0 Å². The molecule has 3 unspecified atom stereocenters. The number of nitrogens with zero attached hydrogens (tertiary/aromatic N) is 2. The molecule has 1 saturated heterocycles. The third-order valence-corrected chi connectivity index (χ3v) is 3.97. The summed E-state index contributed by atoms with van der Waals surface area (Å²) in [5.74, 6) is 1.36. The van der Waals surface area contributed by atoms with Gasteiger partial charge in [-0.25, -0.2) is 4.79 Å². The van der Waals surface area contributed by atoms with Gasteiger partial charge in [0.1, 0.15) is 12.3 Å². The Balaban J connectivity index is 1.69. The molecule has 8 heteroatoms. The first-order chi connectivity index (χ1) is 11.2. The Hall–Kier alpha value is -2.42. The monoisotopic (exact) mass is 317 g/mol. The van der Waals surface area contributed by atoms with Crippen molar-refractivity contribution >= 4 is 11.5 Å². The van der Waals surface area contributed by atoms with Gasteiger partial charge in [0.2, 0.25) is 0 Å². The summed E-state index contributed by atoms with van der Waals surface area (Å²) in [6.07, 6.45) is -0.510. The van der Waals surface area contributed by atoms with E-state index in [4.69, 9.17) is 14.6 Å². The van der Waals surface area contributed by atoms with E-state index in [1.807, 2.05) is 18.2 Å². The molecule has 0 spiro atoms. The van der Waals surface area contributed by atoms with Crippen LogP contribution in [0.4, 0.5) is 11.5 Å². The number of hydrogen-bond acceptors (Lipinski definition) is 7. The van der Waals surface area contributed by atoms with Crippen LogP contribution in [0.3, 0.4) is 0 Å². The lowest BCUT2D eigenvalue weighted by atomic mass is 10.2. The normalized spacial score (nSPS) is 25.2. The fourth-order valence-corrected chi connectivity index (χ4v) is 2.78. The Morgan fingerprint density at radius 2 is 2.17 bits per heavy atom. The van der Waals surface area contributed by atoms with Crippen LogP contribution in [0.15, 0.2) is 35.3 Å². The molecule has 0 aliphatic carbocycles. The van der Waals surface area contributed by atoms with Gasteiger partial charge in [0, 0.05) is 6.42 Å². The van der Waals surface area contributed by atoms with Crippen LogP contribution in [0.1, 0.15) is 12.6 Å². The number of anilines is 2. The topological polar surface area (TPSA) is 106 Å². The van der Waals surface area contributed by atoms with E-state index in [0.29, 0.717) is 17.3 Å². The van der Waals surface area contributed by atoms with E-state index < -0.39 is 24.1 Å². The predicted octanol–water partition coefficient (Wildman–Crippen LogP) is 0.733. The van der Waals surface area contributed by atoms with Crippen molar-refractivity contribution in [2.24, 2.45) is 0 Å². The van der Waals surface area contributed by atoms with Crippen LogP contribution in [-0.4, -0.2) is 38.6 Å². The van der Waals surface area contributed by atoms with Crippen molar-refractivity contribution in [2.45, 2.75) is 24.9 Å². The maximum atomic E-state index is 12.2. The SMILES string of the molecule is O=c1nc2c(cn1C1CC(O)C(CO)O1)Oc1ccccc1N2. The van der Waals surface area contributed by atoms with E-state index >= 15 is 0 Å². The minimum Gasteiger partial charge on any atom is -0.450 e. The van der Waals surface area contributed by atoms with Gasteiger partial charge in [-0.1, -0.05) is 12.1 Å². The van der Waals surface area contributed by atoms with Crippen LogP contribution < -0.4 is 15.7 Å². The average molecular weight is 317 g/mol. The molecule has 3 heterocycles. The Morgan fingerprint density at radius 1 is 1.35 bits per heavy atom. The number of ether oxygens (including phenoxy) is 2. The highest BCUT2D eigenvalue weighted by Crippen LogP contribution is 2.40. The fourth-order valence-electron chi connectivity index (χ4n) is 2.78. The van der Waals surface area contributed by atoms with E-state index in [9.17, 15) is 9.90 Å². The zero-order valence-electron chi connectivity index (χ0n) is 12.0. The number of benzene rings is 1. The molecule has 0 bridgehead atoms. The van der Waals surface area contributed by atoms with Gasteiger partial charge in [-0.15, -0.1) is 0 Å². The molecule has 0 radical (unpaired) electrons. The molecule has 1 aromatic carbocycles. The molecule has 0 saturated carbocycles. The third kappa shape index (κ3) is 2.37. The standard InChI is InChI=1S/C15H15N3O5/c19-7-12-9(20)5-13(23-12)18-6-11-14(17-15(18)21)16-8-3-1-2-4-10(8)22-11/h1-4,6,9,12-13,19-20H,5,7H2,(H,16,17,21). The van der Waals surface area contributed by atoms with E-state index in [-0.39, 0.29) is 13.0 Å². The minimum atomic E-state index is -0.826. The van der Waals surface area contributed by atoms with E-state index in [0.717, 1.165) is 5.69 Å². The number of aliphatic hydroxyl groups is 2. The second-order valence-corrected chi connectivity index (χ2v) is 5.48. The highest BCUT2D eigenvalue weighted by molar-refractivity contribution is 5.72. The van der Waals surface area contributed by atoms with Crippen LogP contribution in [-0.2, 0) is 4.74 Å². The highest BCUT2D eigenvalue weighted by Gasteiger charge is 2.35. The molecule has 2 aromatic rings. The minimum absolute atomic E-state index is 0.204. The Bertz CT molecular complexity index is 806. The second-order valence-electron chi connectivity index (χ2n) is 5.48. The van der Waals surface area contributed by atoms with E-state index in [1.54, 1.807) is 6.07 Å². The lowest BCUT2D eigenvalue weighted by Crippen LogP contribution is -2.28. The molecule has 0 amide bonds. The highest BCUT2D eigenvalue weighted by atomic mass is 16.5. The van der Waals surface area contributed by atoms with Gasteiger partial charge in [0.05, 0.1) is 24.6 Å². The first-order valence-corrected chi connectivity index (χ1v) is 7.27. The van der Waals surface area contributed by atoms with Crippen molar-refractivity contribution in [3.8, 4) is 11.5 Å². The van der Waals surface area contributed by atoms with Crippen molar-refractivity contribution < 1.29 is 19.7 Å². The van der Waals surface area contributed by atoms with Crippen molar-refractivity contribution in [1.82, 2.24) is 9.55 Å². The number of fused-ring (bicyclic) bond motifs is 2. The van der Waals surface area contributed by atoms with Crippen molar-refractivity contribution in [3.05, 3.63) is 40.9 Å². The molecular formula is C15H15N3O5. The van der Waals surface area contributed by atoms with Gasteiger partial charge in [-0.3, -0.25) is 4.57 Å². The Labute approximate surface area is 130 Å². The first kappa shape index (κ1) is 14.2. The van der Waals surface area contributed by atoms with E-state index in [2.05, 4.69) is 10.3 Å². The summed E-state index contributed by atoms with van der Waals surface area (Å²) < 4.78 is 12.5. The summed E-state index contributed by atoms with van der Waals surface area (Å²) in [7, 11) is 0. The van der Waals surface area contributed by atoms with Crippen LogP contribution in [0, 0.1) is 0 Å². The molecule has 23 heavy (non-hydrogen) atoms. The van der Waals surface area contributed by atoms with Crippen LogP contribution >= 0.6 is 0 Å². The van der Waals surface area contributed by atoms with Gasteiger partial charge in [0.15, 0.2) is 17.3 Å². The molecular weight excluding hydrogens is 302 g/mol. The van der Waals surface area contributed by atoms with Crippen molar-refractivity contribution in [1.29, 1.82) is 0 Å². The second kappa shape index (κ2) is 5.34. The van der Waals surface area contributed by atoms with Crippen LogP contribution in [0.25, 0.3) is 0 Å². The number of rotatable bonds is 2. The molecule has 120 valence electrons. The molecule has 8 nitrogen and oxygen atoms in total. The third-order valence-electron chi connectivity index (χ3n) is 3.97. The lowest BCUT2D eigenvalue weighted by Gasteiger charge is -2.22. The molecule has 3 atom stereocenters. The summed E-state index contributed by atoms with van der Waals surface area (Å²) in [6.45, 7) is -0.309. The molecule has 4 rings (SSSR count). The molecule has 2 aliphatic rings. The maximum absolute atomic E-state index is 12.2. The van der Waals surface area contributed by atoms with Gasteiger partial charge >= 0.3 is 5.69 Å². The van der Waals surface area contributed by atoms with Crippen molar-refractivity contribution in [2.75, 3.05) is 11.9 Å². The molecule has 3 N–H and O–H groups in total. The van der Waals surface area contributed by atoms with Gasteiger partial charge < -0.3 is 25.0 Å². The Kier molecular flexibility index (Phi) is 3.29. The first-order valence-electron chi connectivity index (χ1n) is 7.27. The predicted molar refractivity (Wildman–Crippen MR) is 79.9 cm³/mol. The van der Waals surface area contributed by atoms with Gasteiger partial charge in [-0.2, -0.15) is 4.98 Å². The summed E-state index contributed by atoms with van der Waals surface area (Å²) in [4.78, 5) is 16.2. The molecule has 1 fully saturated rings. The van der Waals surface area contributed by atoms with Crippen LogP contribution in [0.5, 0.6) is 11.5 Å². The number of aliphatic hydroxyl groups excluding tert-OH is 2. The smallest absolute Gasteiger partial charge is 0.351 e.